The van der Waals surface area contributed by atoms with Crippen molar-refractivity contribution >= 4 is 34.7 Å². The summed E-state index contributed by atoms with van der Waals surface area (Å²) < 4.78 is 2.07. The fraction of sp³-hybridized carbons (Fsp3) is 0.350. The molecule has 0 fully saturated rings. The lowest BCUT2D eigenvalue weighted by molar-refractivity contribution is -0.113. The molecule has 1 amide bonds. The minimum atomic E-state index is -0.0446. The van der Waals surface area contributed by atoms with Crippen LogP contribution in [0.5, 0.6) is 0 Å². The summed E-state index contributed by atoms with van der Waals surface area (Å²) in [6.07, 6.45) is 2.23. The van der Waals surface area contributed by atoms with Gasteiger partial charge in [0.15, 0.2) is 11.0 Å². The Hall–Kier alpha value is -2.12. The third kappa shape index (κ3) is 4.99. The molecule has 3 rings (SSSR count). The molecule has 1 aromatic carbocycles. The van der Waals surface area contributed by atoms with E-state index in [1.807, 2.05) is 31.2 Å². The average molecular weight is 401 g/mol. The van der Waals surface area contributed by atoms with Gasteiger partial charge < -0.3 is 9.88 Å². The predicted octanol–water partition coefficient (Wildman–Crippen LogP) is 5.02. The number of carbonyl (C=O) groups is 1. The predicted molar refractivity (Wildman–Crippen MR) is 114 cm³/mol. The summed E-state index contributed by atoms with van der Waals surface area (Å²) in [5.74, 6) is 1.13. The Morgan fingerprint density at radius 2 is 2.00 bits per heavy atom. The quantitative estimate of drug-likeness (QED) is 0.540. The zero-order valence-electron chi connectivity index (χ0n) is 15.9. The number of thioether (sulfide) groups is 1. The monoisotopic (exact) mass is 400 g/mol. The summed E-state index contributed by atoms with van der Waals surface area (Å²) in [4.78, 5) is 13.6. The van der Waals surface area contributed by atoms with E-state index < -0.39 is 0 Å². The number of hydrogen-bond acceptors (Lipinski definition) is 5. The standard InChI is InChI=1S/C20H24N4OS2/c1-4-6-17-11-15(12-26-17)19-22-23-20(24(19)5-2)27-13-18(25)21-16-9-7-14(3)8-10-16/h7-12H,4-6,13H2,1-3H3,(H,21,25). The van der Waals surface area contributed by atoms with Gasteiger partial charge in [-0.05, 0) is 38.5 Å². The summed E-state index contributed by atoms with van der Waals surface area (Å²) >= 11 is 3.18. The Morgan fingerprint density at radius 3 is 2.70 bits per heavy atom. The molecular weight excluding hydrogens is 376 g/mol. The zero-order valence-corrected chi connectivity index (χ0v) is 17.5. The van der Waals surface area contributed by atoms with Gasteiger partial charge in [-0.2, -0.15) is 0 Å². The van der Waals surface area contributed by atoms with E-state index in [9.17, 15) is 4.79 Å². The molecule has 2 aromatic heterocycles. The van der Waals surface area contributed by atoms with Gasteiger partial charge in [0.05, 0.1) is 5.75 Å². The Morgan fingerprint density at radius 1 is 1.22 bits per heavy atom. The Balaban J connectivity index is 1.65. The van der Waals surface area contributed by atoms with Crippen molar-refractivity contribution in [2.24, 2.45) is 0 Å². The summed E-state index contributed by atoms with van der Waals surface area (Å²) in [6.45, 7) is 7.05. The lowest BCUT2D eigenvalue weighted by atomic mass is 10.2. The SMILES string of the molecule is CCCc1cc(-c2nnc(SCC(=O)Nc3ccc(C)cc3)n2CC)cs1. The maximum Gasteiger partial charge on any atom is 0.234 e. The third-order valence-corrected chi connectivity index (χ3v) is 6.07. The first-order valence-corrected chi connectivity index (χ1v) is 11.0. The van der Waals surface area contributed by atoms with Crippen molar-refractivity contribution in [1.29, 1.82) is 0 Å². The number of aromatic nitrogens is 3. The highest BCUT2D eigenvalue weighted by atomic mass is 32.2. The second-order valence-corrected chi connectivity index (χ2v) is 8.24. The van der Waals surface area contributed by atoms with Crippen molar-refractivity contribution < 1.29 is 4.79 Å². The van der Waals surface area contributed by atoms with E-state index >= 15 is 0 Å². The van der Waals surface area contributed by atoms with Crippen LogP contribution in [0.1, 0.15) is 30.7 Å². The lowest BCUT2D eigenvalue weighted by Crippen LogP contribution is -2.14. The van der Waals surface area contributed by atoms with Gasteiger partial charge in [0.1, 0.15) is 0 Å². The van der Waals surface area contributed by atoms with Crippen LogP contribution >= 0.6 is 23.1 Å². The van der Waals surface area contributed by atoms with Gasteiger partial charge in [-0.3, -0.25) is 4.79 Å². The maximum absolute atomic E-state index is 12.2. The number of rotatable bonds is 8. The largest absolute Gasteiger partial charge is 0.325 e. The fourth-order valence-corrected chi connectivity index (χ4v) is 4.50. The van der Waals surface area contributed by atoms with Crippen molar-refractivity contribution in [3.05, 3.63) is 46.2 Å². The highest BCUT2D eigenvalue weighted by molar-refractivity contribution is 7.99. The lowest BCUT2D eigenvalue weighted by Gasteiger charge is -2.07. The van der Waals surface area contributed by atoms with Crippen LogP contribution in [0.2, 0.25) is 0 Å². The van der Waals surface area contributed by atoms with E-state index in [-0.39, 0.29) is 5.91 Å². The molecule has 0 atom stereocenters. The molecule has 1 N–H and O–H groups in total. The van der Waals surface area contributed by atoms with E-state index in [0.29, 0.717) is 5.75 Å². The fourth-order valence-electron chi connectivity index (χ4n) is 2.73. The van der Waals surface area contributed by atoms with E-state index in [2.05, 4.69) is 45.4 Å². The number of benzene rings is 1. The van der Waals surface area contributed by atoms with Crippen LogP contribution < -0.4 is 5.32 Å². The highest BCUT2D eigenvalue weighted by Gasteiger charge is 2.16. The number of carbonyl (C=O) groups excluding carboxylic acids is 1. The normalized spacial score (nSPS) is 10.9. The number of aryl methyl sites for hydroxylation is 2. The molecule has 5 nitrogen and oxygen atoms in total. The van der Waals surface area contributed by atoms with Gasteiger partial charge in [-0.25, -0.2) is 0 Å². The van der Waals surface area contributed by atoms with Gasteiger partial charge in [0.2, 0.25) is 5.91 Å². The zero-order chi connectivity index (χ0) is 19.2. The van der Waals surface area contributed by atoms with Crippen LogP contribution in [0, 0.1) is 6.92 Å². The molecule has 3 aromatic rings. The van der Waals surface area contributed by atoms with Crippen LogP contribution in [-0.4, -0.2) is 26.4 Å². The molecule has 7 heteroatoms. The molecule has 0 aliphatic rings. The number of hydrogen-bond donors (Lipinski definition) is 1. The first-order chi connectivity index (χ1) is 13.1. The van der Waals surface area contributed by atoms with Crippen molar-refractivity contribution in [3.63, 3.8) is 0 Å². The molecule has 142 valence electrons. The molecular formula is C20H24N4OS2. The minimum Gasteiger partial charge on any atom is -0.325 e. The van der Waals surface area contributed by atoms with Crippen LogP contribution in [0.4, 0.5) is 5.69 Å². The smallest absolute Gasteiger partial charge is 0.234 e. The first kappa shape index (κ1) is 19.6. The van der Waals surface area contributed by atoms with E-state index in [1.54, 1.807) is 11.3 Å². The second kappa shape index (κ2) is 9.19. The third-order valence-electron chi connectivity index (χ3n) is 4.11. The Labute approximate surface area is 168 Å². The van der Waals surface area contributed by atoms with E-state index in [4.69, 9.17) is 0 Å². The molecule has 0 saturated carbocycles. The summed E-state index contributed by atoms with van der Waals surface area (Å²) in [5.41, 5.74) is 3.08. The average Bonchev–Trinajstić information content (AvgIpc) is 3.28. The van der Waals surface area contributed by atoms with Gasteiger partial charge in [-0.1, -0.05) is 42.8 Å². The highest BCUT2D eigenvalue weighted by Crippen LogP contribution is 2.28. The molecule has 0 bridgehead atoms. The van der Waals surface area contributed by atoms with E-state index in [0.717, 1.165) is 41.6 Å². The molecule has 0 saturated heterocycles. The van der Waals surface area contributed by atoms with Crippen molar-refractivity contribution in [2.45, 2.75) is 45.3 Å². The molecule has 0 spiro atoms. The van der Waals surface area contributed by atoms with Gasteiger partial charge >= 0.3 is 0 Å². The molecule has 0 aliphatic carbocycles. The van der Waals surface area contributed by atoms with Crippen LogP contribution in [0.3, 0.4) is 0 Å². The maximum atomic E-state index is 12.2. The van der Waals surface area contributed by atoms with Crippen LogP contribution in [0.25, 0.3) is 11.4 Å². The molecule has 0 radical (unpaired) electrons. The van der Waals surface area contributed by atoms with Gasteiger partial charge in [-0.15, -0.1) is 21.5 Å². The number of anilines is 1. The Bertz CT molecular complexity index is 899. The number of thiophene rings is 1. The van der Waals surface area contributed by atoms with Crippen LogP contribution in [-0.2, 0) is 17.8 Å². The molecule has 0 aliphatic heterocycles. The number of nitrogens with one attached hydrogen (secondary N) is 1. The van der Waals surface area contributed by atoms with Crippen LogP contribution in [0.15, 0.2) is 40.9 Å². The summed E-state index contributed by atoms with van der Waals surface area (Å²) in [7, 11) is 0. The molecule has 0 unspecified atom stereocenters. The molecule has 27 heavy (non-hydrogen) atoms. The minimum absolute atomic E-state index is 0.0446. The second-order valence-electron chi connectivity index (χ2n) is 6.31. The molecule has 2 heterocycles. The Kier molecular flexibility index (Phi) is 6.68. The summed E-state index contributed by atoms with van der Waals surface area (Å²) in [5, 5.41) is 14.5. The van der Waals surface area contributed by atoms with E-state index in [1.165, 1.54) is 22.2 Å². The van der Waals surface area contributed by atoms with Gasteiger partial charge in [0.25, 0.3) is 0 Å². The number of nitrogens with zero attached hydrogens (tertiary/aromatic N) is 3. The van der Waals surface area contributed by atoms with Gasteiger partial charge in [0, 0.05) is 28.1 Å². The first-order valence-electron chi connectivity index (χ1n) is 9.11. The topological polar surface area (TPSA) is 59.8 Å². The van der Waals surface area contributed by atoms with Crippen molar-refractivity contribution in [1.82, 2.24) is 14.8 Å². The van der Waals surface area contributed by atoms with Crippen molar-refractivity contribution in [2.75, 3.05) is 11.1 Å². The number of amides is 1. The summed E-state index contributed by atoms with van der Waals surface area (Å²) in [6, 6.07) is 9.99. The van der Waals surface area contributed by atoms with Crippen molar-refractivity contribution in [3.8, 4) is 11.4 Å².